The van der Waals surface area contributed by atoms with E-state index in [9.17, 15) is 4.79 Å². The molecular formula is C32H36O4. The van der Waals surface area contributed by atoms with Crippen LogP contribution in [0.3, 0.4) is 0 Å². The zero-order valence-electron chi connectivity index (χ0n) is 21.6. The summed E-state index contributed by atoms with van der Waals surface area (Å²) in [5.74, 6) is 0.476. The first kappa shape index (κ1) is 25.7. The topological polar surface area (TPSA) is 44.8 Å². The number of hydrogen-bond acceptors (Lipinski definition) is 4. The Morgan fingerprint density at radius 1 is 0.833 bits per heavy atom. The second-order valence-electron chi connectivity index (χ2n) is 9.00. The van der Waals surface area contributed by atoms with Gasteiger partial charge in [0.2, 0.25) is 0 Å². The highest BCUT2D eigenvalue weighted by Gasteiger charge is 2.23. The van der Waals surface area contributed by atoms with Crippen molar-refractivity contribution < 1.29 is 19.0 Å². The third-order valence-corrected chi connectivity index (χ3v) is 6.50. The second-order valence-corrected chi connectivity index (χ2v) is 9.00. The van der Waals surface area contributed by atoms with Crippen molar-refractivity contribution in [1.29, 1.82) is 0 Å². The van der Waals surface area contributed by atoms with E-state index in [0.717, 1.165) is 17.7 Å². The summed E-state index contributed by atoms with van der Waals surface area (Å²) in [6.45, 7) is 7.20. The Hall–Kier alpha value is -3.37. The van der Waals surface area contributed by atoms with E-state index in [2.05, 4.69) is 55.5 Å². The quantitative estimate of drug-likeness (QED) is 0.203. The maximum absolute atomic E-state index is 12.1. The summed E-state index contributed by atoms with van der Waals surface area (Å²) in [7, 11) is 0. The van der Waals surface area contributed by atoms with E-state index in [1.807, 2.05) is 31.2 Å². The average molecular weight is 485 g/mol. The van der Waals surface area contributed by atoms with Crippen molar-refractivity contribution >= 4 is 11.5 Å². The monoisotopic (exact) mass is 484 g/mol. The van der Waals surface area contributed by atoms with Crippen LogP contribution in [0.5, 0.6) is 5.75 Å². The van der Waals surface area contributed by atoms with E-state index in [0.29, 0.717) is 26.2 Å². The molecule has 4 rings (SSSR count). The van der Waals surface area contributed by atoms with Crippen LogP contribution >= 0.6 is 0 Å². The molecule has 3 aromatic carbocycles. The number of carbonyl (C=O) groups excluding carboxylic acids is 1. The fraction of sp³-hybridized carbons (Fsp3) is 0.344. The van der Waals surface area contributed by atoms with E-state index in [1.54, 1.807) is 6.92 Å². The van der Waals surface area contributed by atoms with E-state index < -0.39 is 6.10 Å². The molecule has 0 radical (unpaired) electrons. The smallest absolute Gasteiger partial charge is 0.335 e. The van der Waals surface area contributed by atoms with Gasteiger partial charge in [0.05, 0.1) is 6.61 Å². The third kappa shape index (κ3) is 6.06. The van der Waals surface area contributed by atoms with Crippen LogP contribution in [0.15, 0.2) is 72.8 Å². The lowest BCUT2D eigenvalue weighted by atomic mass is 9.99. The number of benzene rings is 3. The normalized spacial score (nSPS) is 13.8. The van der Waals surface area contributed by atoms with Gasteiger partial charge in [-0.05, 0) is 83.9 Å². The van der Waals surface area contributed by atoms with Gasteiger partial charge < -0.3 is 14.2 Å². The average Bonchev–Trinajstić information content (AvgIpc) is 3.21. The Bertz CT molecular complexity index is 1190. The highest BCUT2D eigenvalue weighted by atomic mass is 16.6. The molecule has 0 aromatic heterocycles. The molecule has 0 saturated heterocycles. The van der Waals surface area contributed by atoms with Crippen LogP contribution in [0.25, 0.3) is 16.7 Å². The van der Waals surface area contributed by atoms with E-state index in [4.69, 9.17) is 14.2 Å². The zero-order valence-corrected chi connectivity index (χ0v) is 21.6. The lowest BCUT2D eigenvalue weighted by Crippen LogP contribution is -2.28. The van der Waals surface area contributed by atoms with Crippen molar-refractivity contribution in [2.45, 2.75) is 52.6 Å². The molecule has 1 aliphatic rings. The highest BCUT2D eigenvalue weighted by molar-refractivity contribution is 6.01. The molecule has 188 valence electrons. The molecule has 0 spiro atoms. The predicted octanol–water partition coefficient (Wildman–Crippen LogP) is 7.03. The summed E-state index contributed by atoms with van der Waals surface area (Å²) in [5, 5.41) is 0. The summed E-state index contributed by atoms with van der Waals surface area (Å²) < 4.78 is 16.8. The molecule has 0 aliphatic heterocycles. The number of unbranched alkanes of at least 4 members (excludes halogenated alkanes) is 1. The molecular weight excluding hydrogens is 448 g/mol. The standard InChI is InChI=1S/C32H36O4/c1-4-7-10-23-15-18-28-26-11-8-9-12-27(26)29(30(28)21-23)19-20-36-25-16-13-24(14-17-25)22-31(34-5-2)32(33)35-6-3/h8-9,11-19,21,31H,4-7,10,20,22H2,1-3H3/b29-19+. The molecule has 4 nitrogen and oxygen atoms in total. The van der Waals surface area contributed by atoms with Gasteiger partial charge in [-0.3, -0.25) is 0 Å². The van der Waals surface area contributed by atoms with Crippen LogP contribution in [0.1, 0.15) is 55.9 Å². The van der Waals surface area contributed by atoms with Crippen molar-refractivity contribution in [1.82, 2.24) is 0 Å². The van der Waals surface area contributed by atoms with Crippen molar-refractivity contribution in [2.75, 3.05) is 19.8 Å². The first-order valence-electron chi connectivity index (χ1n) is 13.1. The van der Waals surface area contributed by atoms with Gasteiger partial charge in [0.15, 0.2) is 6.10 Å². The van der Waals surface area contributed by atoms with Gasteiger partial charge in [0.25, 0.3) is 0 Å². The van der Waals surface area contributed by atoms with E-state index in [1.165, 1.54) is 46.2 Å². The number of carbonyl (C=O) groups is 1. The van der Waals surface area contributed by atoms with Gasteiger partial charge in [0.1, 0.15) is 12.4 Å². The number of aryl methyl sites for hydroxylation is 1. The van der Waals surface area contributed by atoms with Crippen LogP contribution in [0.2, 0.25) is 0 Å². The van der Waals surface area contributed by atoms with Gasteiger partial charge in [-0.2, -0.15) is 0 Å². The minimum absolute atomic E-state index is 0.318. The number of hydrogen-bond donors (Lipinski definition) is 0. The van der Waals surface area contributed by atoms with Crippen LogP contribution in [-0.2, 0) is 27.1 Å². The van der Waals surface area contributed by atoms with Gasteiger partial charge in [-0.15, -0.1) is 0 Å². The predicted molar refractivity (Wildman–Crippen MR) is 145 cm³/mol. The Morgan fingerprint density at radius 3 is 2.28 bits per heavy atom. The van der Waals surface area contributed by atoms with Gasteiger partial charge in [-0.25, -0.2) is 4.79 Å². The lowest BCUT2D eigenvalue weighted by Gasteiger charge is -2.15. The van der Waals surface area contributed by atoms with Crippen LogP contribution in [0, 0.1) is 0 Å². The van der Waals surface area contributed by atoms with Gasteiger partial charge >= 0.3 is 5.97 Å². The highest BCUT2D eigenvalue weighted by Crippen LogP contribution is 2.44. The molecule has 1 unspecified atom stereocenters. The Morgan fingerprint density at radius 2 is 1.56 bits per heavy atom. The minimum atomic E-state index is -0.587. The molecule has 4 heteroatoms. The molecule has 1 atom stereocenters. The summed E-state index contributed by atoms with van der Waals surface area (Å²) in [6, 6.07) is 23.3. The maximum Gasteiger partial charge on any atom is 0.335 e. The van der Waals surface area contributed by atoms with Gasteiger partial charge in [0, 0.05) is 13.0 Å². The summed E-state index contributed by atoms with van der Waals surface area (Å²) in [5.41, 5.74) is 8.78. The number of esters is 1. The minimum Gasteiger partial charge on any atom is -0.490 e. The molecule has 0 N–H and O–H groups in total. The fourth-order valence-electron chi connectivity index (χ4n) is 4.71. The van der Waals surface area contributed by atoms with Gasteiger partial charge in [-0.1, -0.05) is 67.9 Å². The first-order valence-corrected chi connectivity index (χ1v) is 13.1. The number of ether oxygens (including phenoxy) is 3. The van der Waals surface area contributed by atoms with Crippen LogP contribution < -0.4 is 4.74 Å². The zero-order chi connectivity index (χ0) is 25.3. The summed E-state index contributed by atoms with van der Waals surface area (Å²) in [6.07, 6.45) is 5.59. The van der Waals surface area contributed by atoms with Crippen molar-refractivity contribution in [3.8, 4) is 16.9 Å². The molecule has 36 heavy (non-hydrogen) atoms. The molecule has 0 amide bonds. The van der Waals surface area contributed by atoms with Crippen molar-refractivity contribution in [3.63, 3.8) is 0 Å². The Balaban J connectivity index is 1.45. The van der Waals surface area contributed by atoms with Crippen LogP contribution in [-0.4, -0.2) is 31.9 Å². The largest absolute Gasteiger partial charge is 0.490 e. The maximum atomic E-state index is 12.1. The Labute approximate surface area is 214 Å². The molecule has 0 fully saturated rings. The lowest BCUT2D eigenvalue weighted by molar-refractivity contribution is -0.156. The molecule has 3 aromatic rings. The van der Waals surface area contributed by atoms with E-state index in [-0.39, 0.29) is 5.97 Å². The summed E-state index contributed by atoms with van der Waals surface area (Å²) in [4.78, 5) is 12.1. The molecule has 0 saturated carbocycles. The molecule has 0 bridgehead atoms. The van der Waals surface area contributed by atoms with Crippen molar-refractivity contribution in [3.05, 3.63) is 95.1 Å². The SMILES string of the molecule is CCCCc1ccc2c(c1)/C(=C/COc1ccc(CC(OCC)C(=O)OCC)cc1)c1ccccc1-2. The second kappa shape index (κ2) is 12.5. The molecule has 1 aliphatic carbocycles. The van der Waals surface area contributed by atoms with Crippen LogP contribution in [0.4, 0.5) is 0 Å². The Kier molecular flexibility index (Phi) is 8.96. The number of rotatable bonds is 12. The fourth-order valence-corrected chi connectivity index (χ4v) is 4.71. The van der Waals surface area contributed by atoms with Crippen molar-refractivity contribution in [2.24, 2.45) is 0 Å². The molecule has 0 heterocycles. The van der Waals surface area contributed by atoms with E-state index >= 15 is 0 Å². The summed E-state index contributed by atoms with van der Waals surface area (Å²) >= 11 is 0. The first-order chi connectivity index (χ1) is 17.6. The third-order valence-electron chi connectivity index (χ3n) is 6.50. The number of fused-ring (bicyclic) bond motifs is 3.